The standard InChI is InChI=1S/C16H13FN3PS/c1-16(17,21)15-18-8-11-7-6-10(9-20(11)15)14-19-12-4-2-3-5-13(12)22-14/h2-9H,21H2,1H3. The van der Waals surface area contributed by atoms with Crippen LogP contribution in [0.5, 0.6) is 0 Å². The van der Waals surface area contributed by atoms with Crippen LogP contribution in [-0.2, 0) is 5.41 Å². The lowest BCUT2D eigenvalue weighted by atomic mass is 10.2. The molecule has 0 saturated carbocycles. The van der Waals surface area contributed by atoms with Crippen molar-refractivity contribution < 1.29 is 4.39 Å². The lowest BCUT2D eigenvalue weighted by Gasteiger charge is -2.12. The van der Waals surface area contributed by atoms with Crippen molar-refractivity contribution in [3.8, 4) is 10.6 Å². The van der Waals surface area contributed by atoms with E-state index in [1.165, 1.54) is 6.92 Å². The van der Waals surface area contributed by atoms with E-state index in [0.717, 1.165) is 26.3 Å². The van der Waals surface area contributed by atoms with Crippen molar-refractivity contribution in [1.82, 2.24) is 14.4 Å². The summed E-state index contributed by atoms with van der Waals surface area (Å²) in [7, 11) is 2.19. The maximum absolute atomic E-state index is 14.3. The van der Waals surface area contributed by atoms with Gasteiger partial charge in [-0.2, -0.15) is 0 Å². The van der Waals surface area contributed by atoms with Gasteiger partial charge >= 0.3 is 0 Å². The van der Waals surface area contributed by atoms with Crippen LogP contribution in [0.2, 0.25) is 0 Å². The number of pyridine rings is 1. The molecule has 4 rings (SSSR count). The fourth-order valence-corrected chi connectivity index (χ4v) is 3.64. The van der Waals surface area contributed by atoms with Gasteiger partial charge in [-0.25, -0.2) is 14.4 Å². The van der Waals surface area contributed by atoms with E-state index in [-0.39, 0.29) is 0 Å². The normalized spacial score (nSPS) is 14.5. The second kappa shape index (κ2) is 4.83. The quantitative estimate of drug-likeness (QED) is 0.502. The predicted molar refractivity (Wildman–Crippen MR) is 92.0 cm³/mol. The van der Waals surface area contributed by atoms with Crippen LogP contribution in [0.1, 0.15) is 12.7 Å². The summed E-state index contributed by atoms with van der Waals surface area (Å²) in [6.07, 6.45) is 3.58. The number of thiazole rings is 1. The third kappa shape index (κ3) is 2.21. The van der Waals surface area contributed by atoms with Gasteiger partial charge in [0.25, 0.3) is 0 Å². The van der Waals surface area contributed by atoms with Crippen LogP contribution in [0.25, 0.3) is 26.3 Å². The number of halogens is 1. The van der Waals surface area contributed by atoms with Gasteiger partial charge in [0.1, 0.15) is 5.01 Å². The highest BCUT2D eigenvalue weighted by Crippen LogP contribution is 2.34. The Balaban J connectivity index is 1.91. The van der Waals surface area contributed by atoms with E-state index in [4.69, 9.17) is 0 Å². The van der Waals surface area contributed by atoms with Crippen molar-refractivity contribution in [3.63, 3.8) is 0 Å². The molecule has 0 saturated heterocycles. The molecule has 0 fully saturated rings. The van der Waals surface area contributed by atoms with E-state index < -0.39 is 5.41 Å². The summed E-state index contributed by atoms with van der Waals surface area (Å²) >= 11 is 1.63. The fourth-order valence-electron chi connectivity index (χ4n) is 2.47. The molecular weight excluding hydrogens is 316 g/mol. The molecule has 6 heteroatoms. The first-order valence-corrected chi connectivity index (χ1v) is 8.23. The zero-order chi connectivity index (χ0) is 15.3. The van der Waals surface area contributed by atoms with E-state index in [0.29, 0.717) is 5.82 Å². The second-order valence-corrected chi connectivity index (χ2v) is 7.47. The molecule has 3 heterocycles. The Labute approximate surface area is 133 Å². The first-order valence-electron chi connectivity index (χ1n) is 6.84. The van der Waals surface area contributed by atoms with Crippen LogP contribution < -0.4 is 0 Å². The van der Waals surface area contributed by atoms with E-state index in [9.17, 15) is 4.39 Å². The van der Waals surface area contributed by atoms with Crippen molar-refractivity contribution in [2.75, 3.05) is 0 Å². The first kappa shape index (κ1) is 13.8. The Morgan fingerprint density at radius 3 is 2.82 bits per heavy atom. The summed E-state index contributed by atoms with van der Waals surface area (Å²) in [5.41, 5.74) is 2.81. The molecule has 2 unspecified atom stereocenters. The zero-order valence-corrected chi connectivity index (χ0v) is 13.8. The summed E-state index contributed by atoms with van der Waals surface area (Å²) in [5, 5.41) is -0.648. The van der Waals surface area contributed by atoms with Gasteiger partial charge < -0.3 is 4.40 Å². The molecule has 4 aromatic rings. The number of imidazole rings is 1. The van der Waals surface area contributed by atoms with Gasteiger partial charge in [0.15, 0.2) is 11.2 Å². The molecule has 0 spiro atoms. The molecule has 3 nitrogen and oxygen atoms in total. The van der Waals surface area contributed by atoms with E-state index >= 15 is 0 Å². The lowest BCUT2D eigenvalue weighted by Crippen LogP contribution is -2.10. The smallest absolute Gasteiger partial charge is 0.178 e. The molecule has 0 aliphatic carbocycles. The van der Waals surface area contributed by atoms with Crippen LogP contribution in [0.15, 0.2) is 48.8 Å². The largest absolute Gasteiger partial charge is 0.300 e. The van der Waals surface area contributed by atoms with Gasteiger partial charge in [0, 0.05) is 11.8 Å². The van der Waals surface area contributed by atoms with Crippen LogP contribution in [0.3, 0.4) is 0 Å². The van der Waals surface area contributed by atoms with Gasteiger partial charge in [-0.05, 0) is 31.2 Å². The second-order valence-electron chi connectivity index (χ2n) is 5.36. The summed E-state index contributed by atoms with van der Waals surface area (Å²) in [5.74, 6) is 0.371. The Kier molecular flexibility index (Phi) is 3.03. The molecule has 0 radical (unpaired) electrons. The number of para-hydroxylation sites is 1. The summed E-state index contributed by atoms with van der Waals surface area (Å²) < 4.78 is 17.2. The Morgan fingerprint density at radius 1 is 1.23 bits per heavy atom. The third-order valence-corrected chi connectivity index (χ3v) is 4.85. The molecule has 110 valence electrons. The third-order valence-electron chi connectivity index (χ3n) is 3.51. The first-order chi connectivity index (χ1) is 10.5. The van der Waals surface area contributed by atoms with Gasteiger partial charge in [-0.15, -0.1) is 11.3 Å². The summed E-state index contributed by atoms with van der Waals surface area (Å²) in [6.45, 7) is 1.48. The molecule has 3 aromatic heterocycles. The van der Waals surface area contributed by atoms with E-state index in [2.05, 4.69) is 25.3 Å². The number of rotatable bonds is 2. The van der Waals surface area contributed by atoms with Crippen LogP contribution in [-0.4, -0.2) is 14.4 Å². The van der Waals surface area contributed by atoms with E-state index in [1.54, 1.807) is 21.9 Å². The Bertz CT molecular complexity index is 951. The van der Waals surface area contributed by atoms with Crippen molar-refractivity contribution >= 4 is 36.3 Å². The number of hydrogen-bond acceptors (Lipinski definition) is 3. The van der Waals surface area contributed by atoms with Gasteiger partial charge in [-0.3, -0.25) is 0 Å². The highest BCUT2D eigenvalue weighted by Gasteiger charge is 2.24. The molecule has 0 aliphatic heterocycles. The molecule has 0 amide bonds. The molecule has 0 aliphatic rings. The molecular formula is C16H13FN3PS. The number of fused-ring (bicyclic) bond motifs is 2. The fraction of sp³-hybridized carbons (Fsp3) is 0.125. The van der Waals surface area contributed by atoms with Crippen LogP contribution in [0.4, 0.5) is 4.39 Å². The molecule has 22 heavy (non-hydrogen) atoms. The highest BCUT2D eigenvalue weighted by molar-refractivity contribution is 7.21. The van der Waals surface area contributed by atoms with Crippen LogP contribution >= 0.6 is 20.6 Å². The Morgan fingerprint density at radius 2 is 2.05 bits per heavy atom. The van der Waals surface area contributed by atoms with Crippen LogP contribution in [0, 0.1) is 0 Å². The minimum absolute atomic E-state index is 0.371. The maximum atomic E-state index is 14.3. The summed E-state index contributed by atoms with van der Waals surface area (Å²) in [4.78, 5) is 8.85. The average molecular weight is 329 g/mol. The molecule has 0 N–H and O–H groups in total. The van der Waals surface area contributed by atoms with Crippen molar-refractivity contribution in [2.45, 2.75) is 12.3 Å². The van der Waals surface area contributed by atoms with E-state index in [1.807, 2.05) is 36.5 Å². The number of nitrogens with zero attached hydrogens (tertiary/aromatic N) is 3. The van der Waals surface area contributed by atoms with Gasteiger partial charge in [0.05, 0.1) is 21.9 Å². The maximum Gasteiger partial charge on any atom is 0.178 e. The Hall–Kier alpha value is -1.84. The monoisotopic (exact) mass is 329 g/mol. The number of hydrogen-bond donors (Lipinski definition) is 0. The molecule has 1 aromatic carbocycles. The minimum Gasteiger partial charge on any atom is -0.300 e. The van der Waals surface area contributed by atoms with Crippen molar-refractivity contribution in [1.29, 1.82) is 0 Å². The summed E-state index contributed by atoms with van der Waals surface area (Å²) in [6, 6.07) is 12.0. The number of benzene rings is 1. The lowest BCUT2D eigenvalue weighted by molar-refractivity contribution is 0.306. The molecule has 0 bridgehead atoms. The highest BCUT2D eigenvalue weighted by atomic mass is 32.1. The SMILES string of the molecule is CC(F)(P)c1ncc2ccc(-c3nc4ccccc4s3)cn12. The number of alkyl halides is 1. The topological polar surface area (TPSA) is 30.2 Å². The van der Waals surface area contributed by atoms with Crippen molar-refractivity contribution in [2.24, 2.45) is 0 Å². The average Bonchev–Trinajstić information content (AvgIpc) is 3.09. The van der Waals surface area contributed by atoms with Crippen molar-refractivity contribution in [3.05, 3.63) is 54.6 Å². The predicted octanol–water partition coefficient (Wildman–Crippen LogP) is 4.63. The minimum atomic E-state index is -1.57. The molecule has 2 atom stereocenters. The van der Waals surface area contributed by atoms with Gasteiger partial charge in [-0.1, -0.05) is 21.4 Å². The zero-order valence-electron chi connectivity index (χ0n) is 11.8. The number of aromatic nitrogens is 3. The van der Waals surface area contributed by atoms with Gasteiger partial charge in [0.2, 0.25) is 0 Å².